The maximum absolute atomic E-state index is 3.80. The van der Waals surface area contributed by atoms with Crippen LogP contribution in [0.5, 0.6) is 0 Å². The van der Waals surface area contributed by atoms with E-state index in [9.17, 15) is 0 Å². The maximum atomic E-state index is 3.80. The van der Waals surface area contributed by atoms with Crippen molar-refractivity contribution in [2.75, 3.05) is 13.1 Å². The van der Waals surface area contributed by atoms with Gasteiger partial charge in [0.25, 0.3) is 0 Å². The lowest BCUT2D eigenvalue weighted by atomic mass is 9.92. The highest BCUT2D eigenvalue weighted by molar-refractivity contribution is 4.93. The summed E-state index contributed by atoms with van der Waals surface area (Å²) < 4.78 is 0. The van der Waals surface area contributed by atoms with Crippen molar-refractivity contribution in [3.63, 3.8) is 0 Å². The number of hydrogen-bond acceptors (Lipinski definition) is 2. The quantitative estimate of drug-likeness (QED) is 0.793. The zero-order valence-corrected chi connectivity index (χ0v) is 11.3. The first kappa shape index (κ1) is 12.0. The monoisotopic (exact) mass is 236 g/mol. The molecular formula is C15H28N2. The molecule has 3 aliphatic rings. The molecule has 2 nitrogen and oxygen atoms in total. The van der Waals surface area contributed by atoms with Crippen LogP contribution >= 0.6 is 0 Å². The second kappa shape index (κ2) is 5.27. The molecule has 1 saturated heterocycles. The normalized spacial score (nSPS) is 37.9. The first-order valence-corrected chi connectivity index (χ1v) is 7.84. The van der Waals surface area contributed by atoms with Crippen molar-refractivity contribution in [3.8, 4) is 0 Å². The van der Waals surface area contributed by atoms with E-state index in [4.69, 9.17) is 0 Å². The number of rotatable bonds is 2. The molecule has 0 aromatic carbocycles. The molecule has 0 amide bonds. The van der Waals surface area contributed by atoms with Crippen molar-refractivity contribution in [2.45, 2.75) is 76.4 Å². The van der Waals surface area contributed by atoms with Crippen molar-refractivity contribution in [2.24, 2.45) is 5.92 Å². The van der Waals surface area contributed by atoms with Gasteiger partial charge in [-0.25, -0.2) is 0 Å². The van der Waals surface area contributed by atoms with Gasteiger partial charge in [-0.1, -0.05) is 19.3 Å². The topological polar surface area (TPSA) is 15.3 Å². The van der Waals surface area contributed by atoms with Crippen LogP contribution in [0.15, 0.2) is 0 Å². The molecule has 1 N–H and O–H groups in total. The van der Waals surface area contributed by atoms with Crippen molar-refractivity contribution in [1.82, 2.24) is 10.2 Å². The molecule has 0 bridgehead atoms. The SMILES string of the molecule is CC1CCNC(C2CC2)CN1C1CCCCC1. The largest absolute Gasteiger partial charge is 0.312 e. The number of hydrogen-bond donors (Lipinski definition) is 1. The van der Waals surface area contributed by atoms with Gasteiger partial charge in [-0.3, -0.25) is 4.90 Å². The molecule has 1 heterocycles. The summed E-state index contributed by atoms with van der Waals surface area (Å²) >= 11 is 0. The molecule has 2 saturated carbocycles. The van der Waals surface area contributed by atoms with Gasteiger partial charge in [0, 0.05) is 24.7 Å². The van der Waals surface area contributed by atoms with E-state index in [2.05, 4.69) is 17.1 Å². The third kappa shape index (κ3) is 2.85. The molecule has 3 fully saturated rings. The van der Waals surface area contributed by atoms with Crippen LogP contribution in [0.25, 0.3) is 0 Å². The van der Waals surface area contributed by atoms with Crippen LogP contribution in [0.2, 0.25) is 0 Å². The smallest absolute Gasteiger partial charge is 0.0223 e. The summed E-state index contributed by atoms with van der Waals surface area (Å²) in [6.07, 6.45) is 11.6. The summed E-state index contributed by atoms with van der Waals surface area (Å²) in [6, 6.07) is 2.51. The first-order valence-electron chi connectivity index (χ1n) is 7.84. The van der Waals surface area contributed by atoms with Crippen LogP contribution in [-0.4, -0.2) is 36.1 Å². The van der Waals surface area contributed by atoms with E-state index in [0.717, 1.165) is 24.0 Å². The summed E-state index contributed by atoms with van der Waals surface area (Å²) in [5.74, 6) is 1.01. The lowest BCUT2D eigenvalue weighted by Gasteiger charge is -2.38. The molecule has 0 spiro atoms. The standard InChI is InChI=1S/C15H28N2/c1-12-9-10-16-15(13-7-8-13)11-17(12)14-5-3-2-4-6-14/h12-16H,2-11H2,1H3. The predicted molar refractivity (Wildman–Crippen MR) is 72.2 cm³/mol. The minimum atomic E-state index is 0.800. The van der Waals surface area contributed by atoms with E-state index < -0.39 is 0 Å². The Labute approximate surface area is 106 Å². The Hall–Kier alpha value is -0.0800. The average Bonchev–Trinajstić information content (AvgIpc) is 3.17. The molecule has 98 valence electrons. The van der Waals surface area contributed by atoms with E-state index in [1.54, 1.807) is 0 Å². The molecule has 3 rings (SSSR count). The van der Waals surface area contributed by atoms with Gasteiger partial charge in [-0.05, 0) is 51.5 Å². The third-order valence-corrected chi connectivity index (χ3v) is 5.18. The van der Waals surface area contributed by atoms with Gasteiger partial charge in [0.05, 0.1) is 0 Å². The zero-order valence-electron chi connectivity index (χ0n) is 11.3. The highest BCUT2D eigenvalue weighted by Gasteiger charge is 2.36. The van der Waals surface area contributed by atoms with Gasteiger partial charge >= 0.3 is 0 Å². The fourth-order valence-electron chi connectivity index (χ4n) is 3.85. The molecule has 2 unspecified atom stereocenters. The van der Waals surface area contributed by atoms with E-state index >= 15 is 0 Å². The molecule has 0 radical (unpaired) electrons. The van der Waals surface area contributed by atoms with Crippen LogP contribution in [0, 0.1) is 5.92 Å². The van der Waals surface area contributed by atoms with Gasteiger partial charge in [0.15, 0.2) is 0 Å². The molecule has 0 aromatic heterocycles. The highest BCUT2D eigenvalue weighted by atomic mass is 15.2. The molecule has 2 atom stereocenters. The minimum Gasteiger partial charge on any atom is -0.312 e. The Morgan fingerprint density at radius 1 is 0.941 bits per heavy atom. The maximum Gasteiger partial charge on any atom is 0.0223 e. The lowest BCUT2D eigenvalue weighted by molar-refractivity contribution is 0.107. The Morgan fingerprint density at radius 3 is 2.41 bits per heavy atom. The molecule has 0 aromatic rings. The highest BCUT2D eigenvalue weighted by Crippen LogP contribution is 2.35. The van der Waals surface area contributed by atoms with Crippen LogP contribution in [-0.2, 0) is 0 Å². The van der Waals surface area contributed by atoms with E-state index in [-0.39, 0.29) is 0 Å². The van der Waals surface area contributed by atoms with Crippen molar-refractivity contribution < 1.29 is 0 Å². The fraction of sp³-hybridized carbons (Fsp3) is 1.00. The molecule has 2 aliphatic carbocycles. The van der Waals surface area contributed by atoms with Crippen molar-refractivity contribution >= 4 is 0 Å². The van der Waals surface area contributed by atoms with E-state index in [0.29, 0.717) is 0 Å². The van der Waals surface area contributed by atoms with E-state index in [1.807, 2.05) is 0 Å². The molecule has 17 heavy (non-hydrogen) atoms. The molecule has 2 heteroatoms. The van der Waals surface area contributed by atoms with Gasteiger partial charge in [-0.2, -0.15) is 0 Å². The summed E-state index contributed by atoms with van der Waals surface area (Å²) in [6.45, 7) is 5.02. The Balaban J connectivity index is 1.65. The second-order valence-electron chi connectivity index (χ2n) is 6.52. The van der Waals surface area contributed by atoms with Crippen LogP contribution in [0.3, 0.4) is 0 Å². The first-order chi connectivity index (χ1) is 8.34. The number of nitrogens with one attached hydrogen (secondary N) is 1. The van der Waals surface area contributed by atoms with Gasteiger partial charge in [0.1, 0.15) is 0 Å². The minimum absolute atomic E-state index is 0.800. The Bertz CT molecular complexity index is 243. The van der Waals surface area contributed by atoms with Crippen molar-refractivity contribution in [3.05, 3.63) is 0 Å². The molecule has 1 aliphatic heterocycles. The van der Waals surface area contributed by atoms with Crippen molar-refractivity contribution in [1.29, 1.82) is 0 Å². The summed E-state index contributed by atoms with van der Waals surface area (Å²) in [5, 5.41) is 3.80. The van der Waals surface area contributed by atoms with Gasteiger partial charge < -0.3 is 5.32 Å². The van der Waals surface area contributed by atoms with Gasteiger partial charge in [0.2, 0.25) is 0 Å². The van der Waals surface area contributed by atoms with Crippen LogP contribution < -0.4 is 5.32 Å². The zero-order chi connectivity index (χ0) is 11.7. The Kier molecular flexibility index (Phi) is 3.72. The van der Waals surface area contributed by atoms with Crippen LogP contribution in [0.1, 0.15) is 58.3 Å². The third-order valence-electron chi connectivity index (χ3n) is 5.18. The van der Waals surface area contributed by atoms with Crippen LogP contribution in [0.4, 0.5) is 0 Å². The summed E-state index contributed by atoms with van der Waals surface area (Å²) in [4.78, 5) is 2.86. The predicted octanol–water partition coefficient (Wildman–Crippen LogP) is 2.78. The number of nitrogens with zero attached hydrogens (tertiary/aromatic N) is 1. The van der Waals surface area contributed by atoms with E-state index in [1.165, 1.54) is 64.5 Å². The van der Waals surface area contributed by atoms with Gasteiger partial charge in [-0.15, -0.1) is 0 Å². The summed E-state index contributed by atoms with van der Waals surface area (Å²) in [7, 11) is 0. The fourth-order valence-corrected chi connectivity index (χ4v) is 3.85. The summed E-state index contributed by atoms with van der Waals surface area (Å²) in [5.41, 5.74) is 0. The average molecular weight is 236 g/mol. The lowest BCUT2D eigenvalue weighted by Crippen LogP contribution is -2.47. The molecular weight excluding hydrogens is 208 g/mol. The Morgan fingerprint density at radius 2 is 1.71 bits per heavy atom. The second-order valence-corrected chi connectivity index (χ2v) is 6.52.